The summed E-state index contributed by atoms with van der Waals surface area (Å²) < 4.78 is 0. The van der Waals surface area contributed by atoms with Gasteiger partial charge in [-0.1, -0.05) is 23.7 Å². The van der Waals surface area contributed by atoms with Gasteiger partial charge in [-0.15, -0.1) is 12.4 Å². The first-order chi connectivity index (χ1) is 6.52. The summed E-state index contributed by atoms with van der Waals surface area (Å²) in [6, 6.07) is 6.21. The number of nitrogens with zero attached hydrogens (tertiary/aromatic N) is 1. The van der Waals surface area contributed by atoms with Gasteiger partial charge in [-0.25, -0.2) is 0 Å². The summed E-state index contributed by atoms with van der Waals surface area (Å²) in [6.07, 6.45) is 0. The SMILES string of the molecule is CN(C)C(C(=O)O)c1ccc(Cl)cc1.Cl. The van der Waals surface area contributed by atoms with Gasteiger partial charge in [0.2, 0.25) is 0 Å². The average Bonchev–Trinajstić information content (AvgIpc) is 2.07. The highest BCUT2D eigenvalue weighted by molar-refractivity contribution is 6.30. The Bertz CT molecular complexity index is 325. The van der Waals surface area contributed by atoms with E-state index in [0.29, 0.717) is 5.02 Å². The van der Waals surface area contributed by atoms with Crippen molar-refractivity contribution in [3.8, 4) is 0 Å². The molecular weight excluding hydrogens is 237 g/mol. The van der Waals surface area contributed by atoms with Crippen molar-refractivity contribution < 1.29 is 9.90 Å². The van der Waals surface area contributed by atoms with Gasteiger partial charge in [-0.05, 0) is 31.8 Å². The van der Waals surface area contributed by atoms with Crippen LogP contribution >= 0.6 is 24.0 Å². The highest BCUT2D eigenvalue weighted by Crippen LogP contribution is 2.20. The Morgan fingerprint density at radius 2 is 1.80 bits per heavy atom. The first-order valence-corrected chi connectivity index (χ1v) is 4.55. The van der Waals surface area contributed by atoms with Crippen molar-refractivity contribution in [2.45, 2.75) is 6.04 Å². The lowest BCUT2D eigenvalue weighted by Gasteiger charge is -2.20. The van der Waals surface area contributed by atoms with Crippen LogP contribution in [0.5, 0.6) is 0 Å². The zero-order chi connectivity index (χ0) is 10.7. The second-order valence-electron chi connectivity index (χ2n) is 3.26. The summed E-state index contributed by atoms with van der Waals surface area (Å²) in [5.41, 5.74) is 0.729. The van der Waals surface area contributed by atoms with Gasteiger partial charge < -0.3 is 5.11 Å². The van der Waals surface area contributed by atoms with Crippen LogP contribution in [0.25, 0.3) is 0 Å². The summed E-state index contributed by atoms with van der Waals surface area (Å²) in [4.78, 5) is 12.6. The molecule has 0 aliphatic carbocycles. The fourth-order valence-electron chi connectivity index (χ4n) is 1.31. The monoisotopic (exact) mass is 249 g/mol. The predicted molar refractivity (Wildman–Crippen MR) is 62.8 cm³/mol. The quantitative estimate of drug-likeness (QED) is 0.895. The third-order valence-corrected chi connectivity index (χ3v) is 2.19. The van der Waals surface area contributed by atoms with Crippen LogP contribution in [0.1, 0.15) is 11.6 Å². The van der Waals surface area contributed by atoms with Gasteiger partial charge in [0, 0.05) is 5.02 Å². The standard InChI is InChI=1S/C10H12ClNO2.ClH/c1-12(2)9(10(13)14)7-3-5-8(11)6-4-7;/h3-6,9H,1-2H3,(H,13,14);1H. The number of carboxylic acid groups (broad SMARTS) is 1. The van der Waals surface area contributed by atoms with E-state index in [1.54, 1.807) is 43.3 Å². The van der Waals surface area contributed by atoms with E-state index in [-0.39, 0.29) is 12.4 Å². The van der Waals surface area contributed by atoms with E-state index >= 15 is 0 Å². The first kappa shape index (κ1) is 14.2. The second kappa shape index (κ2) is 5.95. The second-order valence-corrected chi connectivity index (χ2v) is 3.69. The summed E-state index contributed by atoms with van der Waals surface area (Å²) >= 11 is 5.71. The van der Waals surface area contributed by atoms with E-state index in [9.17, 15) is 4.79 Å². The summed E-state index contributed by atoms with van der Waals surface area (Å²) in [7, 11) is 3.46. The topological polar surface area (TPSA) is 40.5 Å². The van der Waals surface area contributed by atoms with Gasteiger partial charge in [-0.2, -0.15) is 0 Å². The first-order valence-electron chi connectivity index (χ1n) is 4.17. The molecule has 0 heterocycles. The van der Waals surface area contributed by atoms with Crippen LogP contribution in [0.15, 0.2) is 24.3 Å². The van der Waals surface area contributed by atoms with Crippen molar-refractivity contribution in [2.24, 2.45) is 0 Å². The fourth-order valence-corrected chi connectivity index (χ4v) is 1.43. The number of aliphatic carboxylic acids is 1. The van der Waals surface area contributed by atoms with Gasteiger partial charge in [0.15, 0.2) is 0 Å². The lowest BCUT2D eigenvalue weighted by molar-refractivity contribution is -0.142. The molecule has 5 heteroatoms. The molecule has 1 aromatic carbocycles. The largest absolute Gasteiger partial charge is 0.480 e. The Labute approximate surface area is 100 Å². The number of rotatable bonds is 3. The minimum absolute atomic E-state index is 0. The van der Waals surface area contributed by atoms with Crippen LogP contribution in [0.3, 0.4) is 0 Å². The van der Waals surface area contributed by atoms with Crippen LogP contribution < -0.4 is 0 Å². The summed E-state index contributed by atoms with van der Waals surface area (Å²) in [6.45, 7) is 0. The maximum Gasteiger partial charge on any atom is 0.325 e. The van der Waals surface area contributed by atoms with Gasteiger partial charge in [0.05, 0.1) is 0 Å². The number of carbonyl (C=O) groups is 1. The maximum absolute atomic E-state index is 11.0. The Morgan fingerprint density at radius 1 is 1.33 bits per heavy atom. The van der Waals surface area contributed by atoms with Gasteiger partial charge in [0.1, 0.15) is 6.04 Å². The molecular formula is C10H13Cl2NO2. The van der Waals surface area contributed by atoms with E-state index in [2.05, 4.69) is 0 Å². The van der Waals surface area contributed by atoms with E-state index in [1.165, 1.54) is 0 Å². The normalized spacial score (nSPS) is 12.0. The zero-order valence-electron chi connectivity index (χ0n) is 8.48. The summed E-state index contributed by atoms with van der Waals surface area (Å²) in [5, 5.41) is 9.60. The van der Waals surface area contributed by atoms with Crippen LogP contribution in [-0.2, 0) is 4.79 Å². The third kappa shape index (κ3) is 3.70. The maximum atomic E-state index is 11.0. The van der Waals surface area contributed by atoms with Crippen molar-refractivity contribution >= 4 is 30.0 Å². The number of benzene rings is 1. The molecule has 0 fully saturated rings. The molecule has 3 nitrogen and oxygen atoms in total. The molecule has 0 bridgehead atoms. The van der Waals surface area contributed by atoms with E-state index < -0.39 is 12.0 Å². The minimum Gasteiger partial charge on any atom is -0.480 e. The highest BCUT2D eigenvalue weighted by atomic mass is 35.5. The molecule has 0 spiro atoms. The van der Waals surface area contributed by atoms with E-state index in [4.69, 9.17) is 16.7 Å². The smallest absolute Gasteiger partial charge is 0.325 e. The Kier molecular flexibility index (Phi) is 5.65. The Balaban J connectivity index is 0.00000196. The number of likely N-dealkylation sites (N-methyl/N-ethyl adjacent to an activating group) is 1. The number of hydrogen-bond acceptors (Lipinski definition) is 2. The molecule has 0 saturated heterocycles. The molecule has 1 rings (SSSR count). The van der Waals surface area contributed by atoms with Crippen LogP contribution in [0.2, 0.25) is 5.02 Å². The fraction of sp³-hybridized carbons (Fsp3) is 0.300. The Hall–Kier alpha value is -0.770. The molecule has 0 radical (unpaired) electrons. The molecule has 0 amide bonds. The average molecular weight is 250 g/mol. The third-order valence-electron chi connectivity index (χ3n) is 1.94. The van der Waals surface area contributed by atoms with Gasteiger partial charge in [-0.3, -0.25) is 9.69 Å². The molecule has 1 aromatic rings. The molecule has 84 valence electrons. The lowest BCUT2D eigenvalue weighted by Crippen LogP contribution is -2.27. The number of carboxylic acids is 1. The molecule has 0 saturated carbocycles. The van der Waals surface area contributed by atoms with Crippen molar-refractivity contribution in [2.75, 3.05) is 14.1 Å². The molecule has 0 aliphatic rings. The van der Waals surface area contributed by atoms with Gasteiger partial charge >= 0.3 is 5.97 Å². The van der Waals surface area contributed by atoms with Crippen molar-refractivity contribution in [3.05, 3.63) is 34.9 Å². The van der Waals surface area contributed by atoms with Crippen LogP contribution in [-0.4, -0.2) is 30.1 Å². The lowest BCUT2D eigenvalue weighted by atomic mass is 10.1. The Morgan fingerprint density at radius 3 is 2.13 bits per heavy atom. The zero-order valence-corrected chi connectivity index (χ0v) is 10.0. The van der Waals surface area contributed by atoms with Crippen molar-refractivity contribution in [1.82, 2.24) is 4.90 Å². The van der Waals surface area contributed by atoms with Crippen LogP contribution in [0.4, 0.5) is 0 Å². The summed E-state index contributed by atoms with van der Waals surface area (Å²) in [5.74, 6) is -0.864. The minimum atomic E-state index is -0.864. The highest BCUT2D eigenvalue weighted by Gasteiger charge is 2.21. The number of hydrogen-bond donors (Lipinski definition) is 1. The molecule has 1 N–H and O–H groups in total. The van der Waals surface area contributed by atoms with Crippen molar-refractivity contribution in [3.63, 3.8) is 0 Å². The molecule has 1 atom stereocenters. The molecule has 0 aromatic heterocycles. The predicted octanol–water partition coefficient (Wildman–Crippen LogP) is 2.45. The van der Waals surface area contributed by atoms with E-state index in [0.717, 1.165) is 5.56 Å². The molecule has 0 aliphatic heterocycles. The van der Waals surface area contributed by atoms with E-state index in [1.807, 2.05) is 0 Å². The van der Waals surface area contributed by atoms with Gasteiger partial charge in [0.25, 0.3) is 0 Å². The van der Waals surface area contributed by atoms with Crippen molar-refractivity contribution in [1.29, 1.82) is 0 Å². The molecule has 15 heavy (non-hydrogen) atoms. The molecule has 1 unspecified atom stereocenters. The number of halogens is 2. The van der Waals surface area contributed by atoms with Crippen LogP contribution in [0, 0.1) is 0 Å².